The molecular formula is C15H18N2OS. The number of fused-ring (bicyclic) bond motifs is 1. The molecule has 0 bridgehead atoms. The maximum atomic E-state index is 6.05. The number of nitrogens with zero attached hydrogens (tertiary/aromatic N) is 1. The molecule has 3 rings (SSSR count). The zero-order chi connectivity index (χ0) is 13.5. The molecule has 4 heteroatoms. The third-order valence-electron chi connectivity index (χ3n) is 3.54. The van der Waals surface area contributed by atoms with Gasteiger partial charge in [-0.1, -0.05) is 18.2 Å². The van der Waals surface area contributed by atoms with E-state index in [1.165, 1.54) is 5.56 Å². The van der Waals surface area contributed by atoms with E-state index < -0.39 is 0 Å². The second-order valence-corrected chi connectivity index (χ2v) is 6.36. The van der Waals surface area contributed by atoms with E-state index in [2.05, 4.69) is 43.2 Å². The van der Waals surface area contributed by atoms with Crippen molar-refractivity contribution in [1.82, 2.24) is 10.3 Å². The molecular weight excluding hydrogens is 256 g/mol. The fourth-order valence-electron chi connectivity index (χ4n) is 2.59. The lowest BCUT2D eigenvalue weighted by atomic mass is 9.94. The largest absolute Gasteiger partial charge is 0.486 e. The number of thiazole rings is 1. The summed E-state index contributed by atoms with van der Waals surface area (Å²) in [6.07, 6.45) is 1.85. The Hall–Kier alpha value is -1.39. The van der Waals surface area contributed by atoms with E-state index in [4.69, 9.17) is 4.74 Å². The minimum Gasteiger partial charge on any atom is -0.486 e. The number of nitrogens with one attached hydrogen (secondary N) is 1. The van der Waals surface area contributed by atoms with E-state index in [9.17, 15) is 0 Å². The molecule has 0 aliphatic carbocycles. The van der Waals surface area contributed by atoms with Gasteiger partial charge in [0.1, 0.15) is 16.4 Å². The number of para-hydroxylation sites is 1. The van der Waals surface area contributed by atoms with Gasteiger partial charge in [-0.25, -0.2) is 4.98 Å². The average molecular weight is 274 g/mol. The summed E-state index contributed by atoms with van der Waals surface area (Å²) in [5.74, 6) is 0.983. The number of hydrogen-bond donors (Lipinski definition) is 1. The molecule has 1 aromatic heterocycles. The highest BCUT2D eigenvalue weighted by molar-refractivity contribution is 7.09. The van der Waals surface area contributed by atoms with Crippen molar-refractivity contribution in [3.05, 3.63) is 46.4 Å². The molecule has 0 fully saturated rings. The van der Waals surface area contributed by atoms with E-state index in [0.717, 1.165) is 10.8 Å². The monoisotopic (exact) mass is 274 g/mol. The summed E-state index contributed by atoms with van der Waals surface area (Å²) >= 11 is 1.68. The molecule has 0 spiro atoms. The Bertz CT molecular complexity index is 565. The van der Waals surface area contributed by atoms with Gasteiger partial charge in [-0.3, -0.25) is 5.32 Å². The van der Waals surface area contributed by atoms with Crippen LogP contribution in [0.5, 0.6) is 5.75 Å². The quantitative estimate of drug-likeness (QED) is 0.926. The molecule has 19 heavy (non-hydrogen) atoms. The molecule has 0 saturated carbocycles. The first-order valence-corrected chi connectivity index (χ1v) is 7.39. The first-order chi connectivity index (χ1) is 9.08. The van der Waals surface area contributed by atoms with Gasteiger partial charge in [-0.2, -0.15) is 0 Å². The van der Waals surface area contributed by atoms with Crippen LogP contribution in [-0.2, 0) is 0 Å². The van der Waals surface area contributed by atoms with E-state index in [1.54, 1.807) is 11.3 Å². The molecule has 0 radical (unpaired) electrons. The first-order valence-electron chi connectivity index (χ1n) is 6.51. The third-order valence-corrected chi connectivity index (χ3v) is 4.49. The van der Waals surface area contributed by atoms with Crippen LogP contribution in [0.15, 0.2) is 35.8 Å². The van der Waals surface area contributed by atoms with Crippen LogP contribution in [-0.4, -0.2) is 10.6 Å². The maximum Gasteiger partial charge on any atom is 0.125 e. The Morgan fingerprint density at radius 3 is 2.89 bits per heavy atom. The Kier molecular flexibility index (Phi) is 3.07. The smallest absolute Gasteiger partial charge is 0.125 e. The van der Waals surface area contributed by atoms with Crippen LogP contribution in [0.25, 0.3) is 0 Å². The second kappa shape index (κ2) is 4.62. The van der Waals surface area contributed by atoms with Gasteiger partial charge in [0.2, 0.25) is 0 Å². The van der Waals surface area contributed by atoms with Gasteiger partial charge in [-0.15, -0.1) is 11.3 Å². The second-order valence-electron chi connectivity index (χ2n) is 5.44. The van der Waals surface area contributed by atoms with Gasteiger partial charge in [0.25, 0.3) is 0 Å². The summed E-state index contributed by atoms with van der Waals surface area (Å²) in [6, 6.07) is 8.65. The van der Waals surface area contributed by atoms with Crippen LogP contribution >= 0.6 is 11.3 Å². The summed E-state index contributed by atoms with van der Waals surface area (Å²) in [4.78, 5) is 4.38. The number of ether oxygens (including phenoxy) is 1. The zero-order valence-electron chi connectivity index (χ0n) is 11.4. The number of rotatable bonds is 3. The highest BCUT2D eigenvalue weighted by Crippen LogP contribution is 2.43. The SMILES string of the molecule is CC(NC1c2ccccc2OC1(C)C)c1nccs1. The van der Waals surface area contributed by atoms with Gasteiger partial charge in [0.15, 0.2) is 0 Å². The van der Waals surface area contributed by atoms with E-state index in [1.807, 2.05) is 23.7 Å². The molecule has 0 saturated heterocycles. The maximum absolute atomic E-state index is 6.05. The molecule has 2 heterocycles. The summed E-state index contributed by atoms with van der Waals surface area (Å²) < 4.78 is 6.05. The van der Waals surface area contributed by atoms with E-state index >= 15 is 0 Å². The molecule has 1 aliphatic rings. The molecule has 1 aliphatic heterocycles. The topological polar surface area (TPSA) is 34.1 Å². The Morgan fingerprint density at radius 1 is 1.37 bits per heavy atom. The summed E-state index contributed by atoms with van der Waals surface area (Å²) in [6.45, 7) is 6.40. The fourth-order valence-corrected chi connectivity index (χ4v) is 3.24. The highest BCUT2D eigenvalue weighted by atomic mass is 32.1. The van der Waals surface area contributed by atoms with Gasteiger partial charge in [0, 0.05) is 17.1 Å². The predicted molar refractivity (Wildman–Crippen MR) is 77.6 cm³/mol. The Labute approximate surface area is 117 Å². The van der Waals surface area contributed by atoms with Crippen molar-refractivity contribution in [2.75, 3.05) is 0 Å². The summed E-state index contributed by atoms with van der Waals surface area (Å²) in [5, 5.41) is 6.77. The van der Waals surface area contributed by atoms with Gasteiger partial charge in [0.05, 0.1) is 12.1 Å². The molecule has 2 unspecified atom stereocenters. The fraction of sp³-hybridized carbons (Fsp3) is 0.400. The molecule has 1 N–H and O–H groups in total. The van der Waals surface area contributed by atoms with Gasteiger partial charge < -0.3 is 4.74 Å². The molecule has 2 atom stereocenters. The van der Waals surface area contributed by atoms with Crippen molar-refractivity contribution in [2.45, 2.75) is 38.5 Å². The standard InChI is InChI=1S/C15H18N2OS/c1-10(14-16-8-9-19-14)17-13-11-6-4-5-7-12(11)18-15(13,2)3/h4-10,13,17H,1-3H3. The molecule has 0 amide bonds. The molecule has 2 aromatic rings. The summed E-state index contributed by atoms with van der Waals surface area (Å²) in [7, 11) is 0. The number of benzene rings is 1. The lowest BCUT2D eigenvalue weighted by molar-refractivity contribution is 0.0919. The number of aromatic nitrogens is 1. The first kappa shape index (κ1) is 12.6. The highest BCUT2D eigenvalue weighted by Gasteiger charge is 2.41. The predicted octanol–water partition coefficient (Wildman–Crippen LogP) is 3.71. The lowest BCUT2D eigenvalue weighted by Gasteiger charge is -2.29. The molecule has 1 aromatic carbocycles. The van der Waals surface area contributed by atoms with E-state index in [-0.39, 0.29) is 17.7 Å². The number of hydrogen-bond acceptors (Lipinski definition) is 4. The van der Waals surface area contributed by atoms with Crippen LogP contribution in [0.2, 0.25) is 0 Å². The van der Waals surface area contributed by atoms with Gasteiger partial charge in [-0.05, 0) is 26.8 Å². The van der Waals surface area contributed by atoms with Crippen LogP contribution in [0.3, 0.4) is 0 Å². The Morgan fingerprint density at radius 2 is 2.16 bits per heavy atom. The van der Waals surface area contributed by atoms with E-state index in [0.29, 0.717) is 0 Å². The van der Waals surface area contributed by atoms with Crippen molar-refractivity contribution in [2.24, 2.45) is 0 Å². The van der Waals surface area contributed by atoms with Crippen molar-refractivity contribution < 1.29 is 4.74 Å². The van der Waals surface area contributed by atoms with Crippen molar-refractivity contribution in [1.29, 1.82) is 0 Å². The minimum absolute atomic E-state index is 0.183. The van der Waals surface area contributed by atoms with Crippen molar-refractivity contribution >= 4 is 11.3 Å². The van der Waals surface area contributed by atoms with Crippen LogP contribution in [0.1, 0.15) is 43.4 Å². The average Bonchev–Trinajstić information content (AvgIpc) is 2.96. The normalized spacial score (nSPS) is 21.7. The Balaban J connectivity index is 1.87. The van der Waals surface area contributed by atoms with Crippen LogP contribution in [0.4, 0.5) is 0 Å². The zero-order valence-corrected chi connectivity index (χ0v) is 12.2. The van der Waals surface area contributed by atoms with Gasteiger partial charge >= 0.3 is 0 Å². The van der Waals surface area contributed by atoms with Crippen molar-refractivity contribution in [3.63, 3.8) is 0 Å². The lowest BCUT2D eigenvalue weighted by Crippen LogP contribution is -2.40. The summed E-state index contributed by atoms with van der Waals surface area (Å²) in [5.41, 5.74) is 0.991. The molecule has 100 valence electrons. The van der Waals surface area contributed by atoms with Crippen LogP contribution in [0, 0.1) is 0 Å². The third kappa shape index (κ3) is 2.26. The van der Waals surface area contributed by atoms with Crippen molar-refractivity contribution in [3.8, 4) is 5.75 Å². The minimum atomic E-state index is -0.241. The molecule has 3 nitrogen and oxygen atoms in total. The van der Waals surface area contributed by atoms with Crippen LogP contribution < -0.4 is 10.1 Å².